The summed E-state index contributed by atoms with van der Waals surface area (Å²) in [5.74, 6) is -0.199. The summed E-state index contributed by atoms with van der Waals surface area (Å²) in [6, 6.07) is 3.28. The molecule has 1 aromatic carbocycles. The van der Waals surface area contributed by atoms with Crippen LogP contribution < -0.4 is 5.32 Å². The highest BCUT2D eigenvalue weighted by atomic mass is 32.1. The Labute approximate surface area is 104 Å². The van der Waals surface area contributed by atoms with E-state index in [-0.39, 0.29) is 11.9 Å². The largest absolute Gasteiger partial charge is 0.308 e. The fourth-order valence-corrected chi connectivity index (χ4v) is 2.48. The molecule has 5 heteroatoms. The molecule has 1 heterocycles. The van der Waals surface area contributed by atoms with Crippen LogP contribution in [0.2, 0.25) is 0 Å². The first-order chi connectivity index (χ1) is 8.13. The van der Waals surface area contributed by atoms with E-state index in [1.54, 1.807) is 19.3 Å². The molecule has 3 nitrogen and oxygen atoms in total. The van der Waals surface area contributed by atoms with Gasteiger partial charge in [0.1, 0.15) is 5.82 Å². The van der Waals surface area contributed by atoms with Gasteiger partial charge in [0.2, 0.25) is 0 Å². The van der Waals surface area contributed by atoms with E-state index in [1.165, 1.54) is 0 Å². The molecule has 0 fully saturated rings. The summed E-state index contributed by atoms with van der Waals surface area (Å²) in [6.45, 7) is 3.80. The van der Waals surface area contributed by atoms with Gasteiger partial charge in [-0.3, -0.25) is 0 Å². The molecule has 90 valence electrons. The average Bonchev–Trinajstić information content (AvgIpc) is 2.76. The van der Waals surface area contributed by atoms with Crippen molar-refractivity contribution in [2.75, 3.05) is 7.05 Å². The van der Waals surface area contributed by atoms with Gasteiger partial charge in [0.05, 0.1) is 29.7 Å². The minimum absolute atomic E-state index is 0.199. The number of hydrogen-bond acceptors (Lipinski definition) is 4. The van der Waals surface area contributed by atoms with Crippen molar-refractivity contribution < 1.29 is 4.39 Å². The Morgan fingerprint density at radius 3 is 2.65 bits per heavy atom. The van der Waals surface area contributed by atoms with Gasteiger partial charge in [-0.15, -0.1) is 0 Å². The molecule has 2 aromatic rings. The summed E-state index contributed by atoms with van der Waals surface area (Å²) in [5, 5.41) is 3.09. The molecule has 17 heavy (non-hydrogen) atoms. The normalized spacial score (nSPS) is 12.7. The molecule has 0 saturated carbocycles. The van der Waals surface area contributed by atoms with Crippen LogP contribution in [0.25, 0.3) is 0 Å². The van der Waals surface area contributed by atoms with Crippen molar-refractivity contribution in [1.29, 1.82) is 0 Å². The number of rotatable bonds is 3. The average molecular weight is 251 g/mol. The molecule has 1 aromatic heterocycles. The van der Waals surface area contributed by atoms with E-state index in [1.807, 2.05) is 19.9 Å². The molecule has 0 aliphatic rings. The van der Waals surface area contributed by atoms with Gasteiger partial charge in [0.15, 0.2) is 0 Å². The Morgan fingerprint density at radius 1 is 1.35 bits per heavy atom. The van der Waals surface area contributed by atoms with Gasteiger partial charge < -0.3 is 5.32 Å². The molecule has 1 unspecified atom stereocenters. The van der Waals surface area contributed by atoms with E-state index in [0.29, 0.717) is 5.56 Å². The lowest BCUT2D eigenvalue weighted by atomic mass is 9.97. The van der Waals surface area contributed by atoms with Gasteiger partial charge in [0, 0.05) is 5.56 Å². The third kappa shape index (κ3) is 2.35. The minimum atomic E-state index is -0.241. The lowest BCUT2D eigenvalue weighted by Crippen LogP contribution is -2.20. The second-order valence-corrected chi connectivity index (χ2v) is 4.59. The van der Waals surface area contributed by atoms with E-state index < -0.39 is 0 Å². The smallest absolute Gasteiger partial charge is 0.128 e. The fourth-order valence-electron chi connectivity index (χ4n) is 2.03. The number of aromatic nitrogens is 2. The maximum atomic E-state index is 14.1. The number of benzene rings is 1. The third-order valence-electron chi connectivity index (χ3n) is 2.73. The van der Waals surface area contributed by atoms with Gasteiger partial charge >= 0.3 is 0 Å². The molecule has 2 rings (SSSR count). The minimum Gasteiger partial charge on any atom is -0.308 e. The molecule has 0 amide bonds. The molecular formula is C12H14FN3S. The van der Waals surface area contributed by atoms with Gasteiger partial charge in [-0.25, -0.2) is 4.39 Å². The van der Waals surface area contributed by atoms with Crippen LogP contribution in [0.15, 0.2) is 18.3 Å². The molecule has 0 saturated heterocycles. The standard InChI is InChI=1S/C12H14FN3S/c1-7-4-8(2)11(9(13)5-7)12(14-3)10-6-15-17-16-10/h4-6,12,14H,1-3H3. The quantitative estimate of drug-likeness (QED) is 0.911. The van der Waals surface area contributed by atoms with Crippen molar-refractivity contribution in [3.63, 3.8) is 0 Å². The molecule has 1 N–H and O–H groups in total. The Kier molecular flexibility index (Phi) is 3.49. The van der Waals surface area contributed by atoms with Crippen molar-refractivity contribution in [2.24, 2.45) is 0 Å². The van der Waals surface area contributed by atoms with Crippen LogP contribution in [0.3, 0.4) is 0 Å². The van der Waals surface area contributed by atoms with Crippen LogP contribution in [0.5, 0.6) is 0 Å². The highest BCUT2D eigenvalue weighted by Gasteiger charge is 2.20. The summed E-state index contributed by atoms with van der Waals surface area (Å²) in [7, 11) is 1.79. The van der Waals surface area contributed by atoms with Crippen molar-refractivity contribution >= 4 is 11.7 Å². The van der Waals surface area contributed by atoms with E-state index >= 15 is 0 Å². The van der Waals surface area contributed by atoms with Crippen LogP contribution in [0.1, 0.15) is 28.4 Å². The van der Waals surface area contributed by atoms with Crippen molar-refractivity contribution in [3.05, 3.63) is 46.5 Å². The molecule has 0 spiro atoms. The summed E-state index contributed by atoms with van der Waals surface area (Å²) in [5.41, 5.74) is 3.25. The van der Waals surface area contributed by atoms with E-state index in [9.17, 15) is 4.39 Å². The number of halogens is 1. The highest BCUT2D eigenvalue weighted by Crippen LogP contribution is 2.27. The number of nitrogens with zero attached hydrogens (tertiary/aromatic N) is 2. The van der Waals surface area contributed by atoms with E-state index in [4.69, 9.17) is 0 Å². The SMILES string of the molecule is CNC(c1cnsn1)c1c(C)cc(C)cc1F. The van der Waals surface area contributed by atoms with E-state index in [2.05, 4.69) is 14.1 Å². The molecule has 1 atom stereocenters. The monoisotopic (exact) mass is 251 g/mol. The maximum Gasteiger partial charge on any atom is 0.128 e. The Hall–Kier alpha value is -1.33. The van der Waals surface area contributed by atoms with Crippen LogP contribution in [0, 0.1) is 19.7 Å². The summed E-state index contributed by atoms with van der Waals surface area (Å²) >= 11 is 1.13. The van der Waals surface area contributed by atoms with Gasteiger partial charge in [-0.1, -0.05) is 6.07 Å². The highest BCUT2D eigenvalue weighted by molar-refractivity contribution is 6.99. The summed E-state index contributed by atoms with van der Waals surface area (Å²) in [6.07, 6.45) is 1.67. The lowest BCUT2D eigenvalue weighted by Gasteiger charge is -2.17. The van der Waals surface area contributed by atoms with Crippen molar-refractivity contribution in [3.8, 4) is 0 Å². The zero-order chi connectivity index (χ0) is 12.4. The van der Waals surface area contributed by atoms with Crippen LogP contribution >= 0.6 is 11.7 Å². The topological polar surface area (TPSA) is 37.8 Å². The Morgan fingerprint density at radius 2 is 2.12 bits per heavy atom. The second kappa shape index (κ2) is 4.89. The van der Waals surface area contributed by atoms with Crippen LogP contribution in [-0.2, 0) is 0 Å². The number of aryl methyl sites for hydroxylation is 2. The number of hydrogen-bond donors (Lipinski definition) is 1. The van der Waals surface area contributed by atoms with Gasteiger partial charge in [-0.05, 0) is 38.1 Å². The van der Waals surface area contributed by atoms with Gasteiger partial charge in [0.25, 0.3) is 0 Å². The lowest BCUT2D eigenvalue weighted by molar-refractivity contribution is 0.568. The van der Waals surface area contributed by atoms with Crippen LogP contribution in [-0.4, -0.2) is 15.8 Å². The summed E-state index contributed by atoms with van der Waals surface area (Å²) < 4.78 is 22.2. The zero-order valence-electron chi connectivity index (χ0n) is 9.99. The second-order valence-electron chi connectivity index (χ2n) is 4.03. The Balaban J connectivity index is 2.52. The van der Waals surface area contributed by atoms with E-state index in [0.717, 1.165) is 28.5 Å². The molecule has 0 aliphatic carbocycles. The third-order valence-corrected chi connectivity index (χ3v) is 3.22. The zero-order valence-corrected chi connectivity index (χ0v) is 10.8. The predicted molar refractivity (Wildman–Crippen MR) is 66.7 cm³/mol. The van der Waals surface area contributed by atoms with Crippen molar-refractivity contribution in [1.82, 2.24) is 14.1 Å². The predicted octanol–water partition coefficient (Wildman–Crippen LogP) is 2.60. The van der Waals surface area contributed by atoms with Gasteiger partial charge in [-0.2, -0.15) is 8.75 Å². The fraction of sp³-hybridized carbons (Fsp3) is 0.333. The molecule has 0 radical (unpaired) electrons. The molecular weight excluding hydrogens is 237 g/mol. The number of nitrogens with one attached hydrogen (secondary N) is 1. The molecule has 0 aliphatic heterocycles. The first-order valence-electron chi connectivity index (χ1n) is 5.35. The molecule has 0 bridgehead atoms. The summed E-state index contributed by atoms with van der Waals surface area (Å²) in [4.78, 5) is 0. The first kappa shape index (κ1) is 12.1. The Bertz CT molecular complexity index is 487. The maximum absolute atomic E-state index is 14.1. The first-order valence-corrected chi connectivity index (χ1v) is 6.08. The van der Waals surface area contributed by atoms with Crippen LogP contribution in [0.4, 0.5) is 4.39 Å². The van der Waals surface area contributed by atoms with Crippen molar-refractivity contribution in [2.45, 2.75) is 19.9 Å².